The molecule has 0 aliphatic carbocycles. The number of thioether (sulfide) groups is 1. The van der Waals surface area contributed by atoms with Gasteiger partial charge in [0.05, 0.1) is 17.7 Å². The Bertz CT molecular complexity index is 1490. The van der Waals surface area contributed by atoms with Gasteiger partial charge in [0.25, 0.3) is 5.91 Å². The van der Waals surface area contributed by atoms with Crippen LogP contribution in [0.3, 0.4) is 0 Å². The standard InChI is InChI=1S/C29H26BrN3O2S/c1-4-32-28(34)27(36-29(32)31-22-13-15-23(35-3)16-14-22)17-25-19(2)33(26-8-6-5-7-24(25)26)18-20-9-11-21(30)12-10-20/h5-17H,4,18H2,1-3H3/b27-17+,31-29?. The third-order valence-electron chi connectivity index (χ3n) is 6.31. The SMILES string of the molecule is CCN1C(=O)/C(=C\c2c(C)n(Cc3ccc(Br)cc3)c3ccccc23)SC1=Nc1ccc(OC)cc1. The van der Waals surface area contributed by atoms with E-state index in [0.717, 1.165) is 44.6 Å². The van der Waals surface area contributed by atoms with Crippen LogP contribution in [-0.2, 0) is 11.3 Å². The van der Waals surface area contributed by atoms with Crippen molar-refractivity contribution < 1.29 is 9.53 Å². The van der Waals surface area contributed by atoms with Gasteiger partial charge >= 0.3 is 0 Å². The highest BCUT2D eigenvalue weighted by molar-refractivity contribution is 9.10. The number of amides is 1. The molecule has 4 aromatic rings. The molecule has 1 aliphatic heterocycles. The number of rotatable bonds is 6. The molecule has 7 heteroatoms. The van der Waals surface area contributed by atoms with Crippen molar-refractivity contribution in [3.8, 4) is 5.75 Å². The number of amidine groups is 1. The molecule has 1 amide bonds. The molecule has 0 spiro atoms. The van der Waals surface area contributed by atoms with Crippen LogP contribution in [0, 0.1) is 6.92 Å². The summed E-state index contributed by atoms with van der Waals surface area (Å²) in [7, 11) is 1.64. The molecule has 36 heavy (non-hydrogen) atoms. The lowest BCUT2D eigenvalue weighted by atomic mass is 10.1. The lowest BCUT2D eigenvalue weighted by Crippen LogP contribution is -2.28. The van der Waals surface area contributed by atoms with Crippen molar-refractivity contribution in [1.29, 1.82) is 0 Å². The number of para-hydroxylation sites is 1. The van der Waals surface area contributed by atoms with Crippen molar-refractivity contribution in [2.75, 3.05) is 13.7 Å². The maximum atomic E-state index is 13.3. The van der Waals surface area contributed by atoms with Crippen LogP contribution in [0.15, 0.2) is 87.2 Å². The Morgan fingerprint density at radius 3 is 2.44 bits per heavy atom. The van der Waals surface area contributed by atoms with E-state index in [9.17, 15) is 4.79 Å². The molecule has 2 heterocycles. The molecule has 182 valence electrons. The van der Waals surface area contributed by atoms with E-state index in [2.05, 4.69) is 69.9 Å². The van der Waals surface area contributed by atoms with Crippen molar-refractivity contribution in [3.63, 3.8) is 0 Å². The van der Waals surface area contributed by atoms with Gasteiger partial charge < -0.3 is 9.30 Å². The van der Waals surface area contributed by atoms with E-state index in [4.69, 9.17) is 9.73 Å². The van der Waals surface area contributed by atoms with Crippen LogP contribution < -0.4 is 4.74 Å². The number of halogens is 1. The number of benzene rings is 3. The number of aromatic nitrogens is 1. The average molecular weight is 561 g/mol. The lowest BCUT2D eigenvalue weighted by molar-refractivity contribution is -0.122. The normalized spacial score (nSPS) is 16.0. The minimum atomic E-state index is -0.0149. The van der Waals surface area contributed by atoms with Crippen LogP contribution in [-0.4, -0.2) is 34.2 Å². The van der Waals surface area contributed by atoms with Gasteiger partial charge in [-0.25, -0.2) is 4.99 Å². The zero-order valence-corrected chi connectivity index (χ0v) is 22.8. The second-order valence-electron chi connectivity index (χ2n) is 8.48. The van der Waals surface area contributed by atoms with Crippen LogP contribution in [0.2, 0.25) is 0 Å². The van der Waals surface area contributed by atoms with Gasteiger partial charge in [0, 0.05) is 39.7 Å². The number of methoxy groups -OCH3 is 1. The summed E-state index contributed by atoms with van der Waals surface area (Å²) in [5.74, 6) is 0.760. The molecule has 0 bridgehead atoms. The molecule has 1 aliphatic rings. The van der Waals surface area contributed by atoms with Gasteiger partial charge in [0.1, 0.15) is 5.75 Å². The summed E-state index contributed by atoms with van der Waals surface area (Å²) in [6.45, 7) is 5.41. The number of ether oxygens (including phenoxy) is 1. The number of nitrogens with zero attached hydrogens (tertiary/aromatic N) is 3. The molecule has 1 aromatic heterocycles. The van der Waals surface area contributed by atoms with Crippen molar-refractivity contribution in [3.05, 3.63) is 99.0 Å². The van der Waals surface area contributed by atoms with Gasteiger partial charge in [0.15, 0.2) is 5.17 Å². The summed E-state index contributed by atoms with van der Waals surface area (Å²) in [6, 6.07) is 24.3. The molecule has 0 N–H and O–H groups in total. The first-order chi connectivity index (χ1) is 17.5. The van der Waals surface area contributed by atoms with Crippen LogP contribution in [0.4, 0.5) is 5.69 Å². The van der Waals surface area contributed by atoms with Gasteiger partial charge in [-0.15, -0.1) is 0 Å². The van der Waals surface area contributed by atoms with E-state index >= 15 is 0 Å². The molecule has 0 saturated carbocycles. The van der Waals surface area contributed by atoms with Crippen molar-refractivity contribution in [2.45, 2.75) is 20.4 Å². The summed E-state index contributed by atoms with van der Waals surface area (Å²) in [6.07, 6.45) is 2.03. The maximum Gasteiger partial charge on any atom is 0.266 e. The Balaban J connectivity index is 1.53. The number of aliphatic imine (C=N–C) groups is 1. The predicted molar refractivity (Wildman–Crippen MR) is 153 cm³/mol. The number of carbonyl (C=O) groups is 1. The second-order valence-corrected chi connectivity index (χ2v) is 10.4. The van der Waals surface area contributed by atoms with E-state index in [0.29, 0.717) is 16.6 Å². The Morgan fingerprint density at radius 1 is 1.03 bits per heavy atom. The quantitative estimate of drug-likeness (QED) is 0.231. The van der Waals surface area contributed by atoms with Crippen LogP contribution in [0.25, 0.3) is 17.0 Å². The van der Waals surface area contributed by atoms with E-state index in [-0.39, 0.29) is 5.91 Å². The monoisotopic (exact) mass is 559 g/mol. The van der Waals surface area contributed by atoms with Crippen molar-refractivity contribution in [2.24, 2.45) is 4.99 Å². The fourth-order valence-electron chi connectivity index (χ4n) is 4.38. The fourth-order valence-corrected chi connectivity index (χ4v) is 5.69. The summed E-state index contributed by atoms with van der Waals surface area (Å²) >= 11 is 4.94. The van der Waals surface area contributed by atoms with Crippen LogP contribution >= 0.6 is 27.7 Å². The zero-order valence-electron chi connectivity index (χ0n) is 20.4. The highest BCUT2D eigenvalue weighted by Crippen LogP contribution is 2.37. The zero-order chi connectivity index (χ0) is 25.2. The smallest absolute Gasteiger partial charge is 0.266 e. The molecule has 1 fully saturated rings. The van der Waals surface area contributed by atoms with Crippen LogP contribution in [0.5, 0.6) is 5.75 Å². The maximum absolute atomic E-state index is 13.3. The number of fused-ring (bicyclic) bond motifs is 1. The molecule has 0 atom stereocenters. The van der Waals surface area contributed by atoms with Gasteiger partial charge in [-0.2, -0.15) is 0 Å². The number of hydrogen-bond donors (Lipinski definition) is 0. The Kier molecular flexibility index (Phi) is 7.03. The van der Waals surface area contributed by atoms with Gasteiger partial charge in [-0.05, 0) is 79.7 Å². The third-order valence-corrected chi connectivity index (χ3v) is 7.85. The topological polar surface area (TPSA) is 46.8 Å². The third kappa shape index (κ3) is 4.73. The minimum absolute atomic E-state index is 0.0149. The molecule has 0 radical (unpaired) electrons. The molecule has 5 rings (SSSR count). The van der Waals surface area contributed by atoms with E-state index in [1.165, 1.54) is 17.3 Å². The molecular formula is C29H26BrN3O2S. The lowest BCUT2D eigenvalue weighted by Gasteiger charge is -2.12. The summed E-state index contributed by atoms with van der Waals surface area (Å²) < 4.78 is 8.62. The highest BCUT2D eigenvalue weighted by Gasteiger charge is 2.32. The Morgan fingerprint density at radius 2 is 1.75 bits per heavy atom. The van der Waals surface area contributed by atoms with Gasteiger partial charge in [-0.1, -0.05) is 46.3 Å². The largest absolute Gasteiger partial charge is 0.497 e. The average Bonchev–Trinajstić information content (AvgIpc) is 3.34. The molecule has 5 nitrogen and oxygen atoms in total. The fraction of sp³-hybridized carbons (Fsp3) is 0.172. The Hall–Kier alpha value is -3.29. The van der Waals surface area contributed by atoms with Gasteiger partial charge in [-0.3, -0.25) is 9.69 Å². The predicted octanol–water partition coefficient (Wildman–Crippen LogP) is 7.39. The summed E-state index contributed by atoms with van der Waals surface area (Å²) in [5.41, 5.74) is 5.36. The molecular weight excluding hydrogens is 534 g/mol. The highest BCUT2D eigenvalue weighted by atomic mass is 79.9. The van der Waals surface area contributed by atoms with Gasteiger partial charge in [0.2, 0.25) is 0 Å². The second kappa shape index (κ2) is 10.4. The van der Waals surface area contributed by atoms with E-state index < -0.39 is 0 Å². The molecule has 0 unspecified atom stereocenters. The minimum Gasteiger partial charge on any atom is -0.497 e. The Labute approximate surface area is 223 Å². The molecule has 1 saturated heterocycles. The number of likely N-dealkylation sites (N-methyl/N-ethyl adjacent to an activating group) is 1. The summed E-state index contributed by atoms with van der Waals surface area (Å²) in [4.78, 5) is 20.5. The first-order valence-corrected chi connectivity index (χ1v) is 13.4. The number of carbonyl (C=O) groups excluding carboxylic acids is 1. The van der Waals surface area contributed by atoms with E-state index in [1.54, 1.807) is 12.0 Å². The first-order valence-electron chi connectivity index (χ1n) is 11.7. The number of hydrogen-bond acceptors (Lipinski definition) is 4. The summed E-state index contributed by atoms with van der Waals surface area (Å²) in [5, 5.41) is 1.83. The van der Waals surface area contributed by atoms with E-state index in [1.807, 2.05) is 43.3 Å². The van der Waals surface area contributed by atoms with Crippen molar-refractivity contribution >= 4 is 61.4 Å². The van der Waals surface area contributed by atoms with Crippen LogP contribution in [0.1, 0.15) is 23.7 Å². The first kappa shape index (κ1) is 24.4. The molecule has 3 aromatic carbocycles. The van der Waals surface area contributed by atoms with Crippen molar-refractivity contribution in [1.82, 2.24) is 9.47 Å².